The van der Waals surface area contributed by atoms with E-state index in [-0.39, 0.29) is 12.0 Å². The molecule has 92 valence electrons. The van der Waals surface area contributed by atoms with E-state index < -0.39 is 0 Å². The Hall–Kier alpha value is -1.69. The molecule has 1 amide bonds. The number of aliphatic hydroxyl groups excluding tert-OH is 1. The number of rotatable bonds is 2. The molecule has 2 heterocycles. The molecule has 1 aromatic rings. The summed E-state index contributed by atoms with van der Waals surface area (Å²) in [4.78, 5) is 15.0. The van der Waals surface area contributed by atoms with Gasteiger partial charge in [-0.2, -0.15) is 0 Å². The van der Waals surface area contributed by atoms with Crippen molar-refractivity contribution in [1.29, 1.82) is 0 Å². The van der Waals surface area contributed by atoms with Crippen LogP contribution in [0.15, 0.2) is 12.1 Å². The fraction of sp³-hybridized carbons (Fsp3) is 0.545. The van der Waals surface area contributed by atoms with E-state index in [1.54, 1.807) is 26.2 Å². The van der Waals surface area contributed by atoms with Gasteiger partial charge in [0.05, 0.1) is 6.10 Å². The molecule has 0 unspecified atom stereocenters. The first kappa shape index (κ1) is 11.8. The van der Waals surface area contributed by atoms with Crippen LogP contribution in [0.1, 0.15) is 16.9 Å². The summed E-state index contributed by atoms with van der Waals surface area (Å²) in [6.45, 7) is 1.35. The van der Waals surface area contributed by atoms with Gasteiger partial charge >= 0.3 is 0 Å². The monoisotopic (exact) mass is 236 g/mol. The summed E-state index contributed by atoms with van der Waals surface area (Å²) in [7, 11) is 3.35. The van der Waals surface area contributed by atoms with E-state index in [9.17, 15) is 9.90 Å². The van der Waals surface area contributed by atoms with E-state index in [1.165, 1.54) is 4.90 Å². The molecule has 1 aliphatic rings. The molecule has 0 saturated carbocycles. The van der Waals surface area contributed by atoms with Crippen molar-refractivity contribution in [3.05, 3.63) is 17.8 Å². The van der Waals surface area contributed by atoms with Crippen LogP contribution >= 0.6 is 0 Å². The molecule has 1 N–H and O–H groups in total. The van der Waals surface area contributed by atoms with Crippen LogP contribution in [0.2, 0.25) is 0 Å². The second kappa shape index (κ2) is 4.67. The van der Waals surface area contributed by atoms with Crippen molar-refractivity contribution in [1.82, 2.24) is 15.1 Å². The van der Waals surface area contributed by atoms with Gasteiger partial charge in [0.25, 0.3) is 5.91 Å². The van der Waals surface area contributed by atoms with Crippen LogP contribution in [0.25, 0.3) is 0 Å². The number of aliphatic hydroxyl groups is 1. The highest BCUT2D eigenvalue weighted by molar-refractivity contribution is 5.91. The van der Waals surface area contributed by atoms with Gasteiger partial charge in [-0.05, 0) is 18.6 Å². The molecule has 1 saturated heterocycles. The van der Waals surface area contributed by atoms with Crippen LogP contribution in [-0.4, -0.2) is 59.4 Å². The maximum absolute atomic E-state index is 11.6. The van der Waals surface area contributed by atoms with Crippen molar-refractivity contribution in [2.24, 2.45) is 0 Å². The summed E-state index contributed by atoms with van der Waals surface area (Å²) in [6, 6.07) is 3.43. The summed E-state index contributed by atoms with van der Waals surface area (Å²) < 4.78 is 0. The second-order valence-corrected chi connectivity index (χ2v) is 4.36. The van der Waals surface area contributed by atoms with Crippen LogP contribution < -0.4 is 4.90 Å². The fourth-order valence-corrected chi connectivity index (χ4v) is 1.79. The molecular formula is C11H16N4O2. The maximum Gasteiger partial charge on any atom is 0.273 e. The number of hydrogen-bond acceptors (Lipinski definition) is 5. The maximum atomic E-state index is 11.6. The van der Waals surface area contributed by atoms with Gasteiger partial charge in [-0.1, -0.05) is 0 Å². The summed E-state index contributed by atoms with van der Waals surface area (Å²) in [5, 5.41) is 17.3. The third-order valence-electron chi connectivity index (χ3n) is 2.76. The Morgan fingerprint density at radius 2 is 2.24 bits per heavy atom. The molecule has 1 aliphatic heterocycles. The largest absolute Gasteiger partial charge is 0.391 e. The van der Waals surface area contributed by atoms with E-state index in [4.69, 9.17) is 0 Å². The molecule has 0 aliphatic carbocycles. The third kappa shape index (κ3) is 2.52. The van der Waals surface area contributed by atoms with Gasteiger partial charge in [-0.15, -0.1) is 10.2 Å². The van der Waals surface area contributed by atoms with Crippen LogP contribution in [-0.2, 0) is 0 Å². The van der Waals surface area contributed by atoms with Gasteiger partial charge in [-0.3, -0.25) is 4.79 Å². The highest BCUT2D eigenvalue weighted by Crippen LogP contribution is 2.17. The Kier molecular flexibility index (Phi) is 3.23. The Morgan fingerprint density at radius 1 is 1.47 bits per heavy atom. The van der Waals surface area contributed by atoms with Crippen LogP contribution in [0.5, 0.6) is 0 Å². The molecule has 0 aromatic carbocycles. The molecule has 1 atom stereocenters. The Morgan fingerprint density at radius 3 is 2.71 bits per heavy atom. The van der Waals surface area contributed by atoms with E-state index in [0.717, 1.165) is 13.0 Å². The number of carbonyl (C=O) groups is 1. The first-order chi connectivity index (χ1) is 8.08. The lowest BCUT2D eigenvalue weighted by molar-refractivity contribution is 0.0821. The number of anilines is 1. The Balaban J connectivity index is 2.10. The smallest absolute Gasteiger partial charge is 0.273 e. The van der Waals surface area contributed by atoms with Gasteiger partial charge in [0.15, 0.2) is 11.5 Å². The van der Waals surface area contributed by atoms with Gasteiger partial charge in [0.2, 0.25) is 0 Å². The summed E-state index contributed by atoms with van der Waals surface area (Å²) in [5.41, 5.74) is 0.332. The zero-order chi connectivity index (χ0) is 12.4. The summed E-state index contributed by atoms with van der Waals surface area (Å²) in [5.74, 6) is 0.544. The van der Waals surface area contributed by atoms with Crippen molar-refractivity contribution in [2.75, 3.05) is 32.1 Å². The highest BCUT2D eigenvalue weighted by atomic mass is 16.3. The average Bonchev–Trinajstić information content (AvgIpc) is 2.75. The molecule has 0 spiro atoms. The van der Waals surface area contributed by atoms with Gasteiger partial charge < -0.3 is 14.9 Å². The molecule has 6 heteroatoms. The van der Waals surface area contributed by atoms with E-state index in [2.05, 4.69) is 10.2 Å². The summed E-state index contributed by atoms with van der Waals surface area (Å²) >= 11 is 0. The molecule has 1 fully saturated rings. The molecule has 17 heavy (non-hydrogen) atoms. The normalized spacial score (nSPS) is 19.5. The molecule has 1 aromatic heterocycles. The molecule has 6 nitrogen and oxygen atoms in total. The first-order valence-corrected chi connectivity index (χ1v) is 5.56. The third-order valence-corrected chi connectivity index (χ3v) is 2.76. The number of aromatic nitrogens is 2. The molecular weight excluding hydrogens is 220 g/mol. The van der Waals surface area contributed by atoms with Crippen LogP contribution in [0, 0.1) is 0 Å². The van der Waals surface area contributed by atoms with Crippen molar-refractivity contribution < 1.29 is 9.90 Å². The number of β-amino-alcohol motifs (C(OH)–C–C–N with tert-alkyl or cyclic N) is 1. The number of carbonyl (C=O) groups excluding carboxylic acids is 1. The predicted octanol–water partition coefficient (Wildman–Crippen LogP) is -0.251. The average molecular weight is 236 g/mol. The molecule has 0 bridgehead atoms. The quantitative estimate of drug-likeness (QED) is 0.766. The Labute approximate surface area is 99.9 Å². The number of amides is 1. The first-order valence-electron chi connectivity index (χ1n) is 5.56. The second-order valence-electron chi connectivity index (χ2n) is 4.36. The van der Waals surface area contributed by atoms with Crippen LogP contribution in [0.4, 0.5) is 5.82 Å². The van der Waals surface area contributed by atoms with Gasteiger partial charge in [0, 0.05) is 27.2 Å². The lowest BCUT2D eigenvalue weighted by Crippen LogP contribution is -2.25. The molecule has 0 radical (unpaired) electrons. The lowest BCUT2D eigenvalue weighted by Gasteiger charge is -2.16. The predicted molar refractivity (Wildman–Crippen MR) is 62.9 cm³/mol. The zero-order valence-electron chi connectivity index (χ0n) is 10.00. The van der Waals surface area contributed by atoms with Gasteiger partial charge in [-0.25, -0.2) is 0 Å². The zero-order valence-corrected chi connectivity index (χ0v) is 10.00. The van der Waals surface area contributed by atoms with E-state index in [1.807, 2.05) is 4.90 Å². The van der Waals surface area contributed by atoms with Crippen LogP contribution in [0.3, 0.4) is 0 Å². The van der Waals surface area contributed by atoms with E-state index in [0.29, 0.717) is 18.1 Å². The van der Waals surface area contributed by atoms with Crippen molar-refractivity contribution >= 4 is 11.7 Å². The van der Waals surface area contributed by atoms with Crippen molar-refractivity contribution in [3.63, 3.8) is 0 Å². The number of hydrogen-bond donors (Lipinski definition) is 1. The van der Waals surface area contributed by atoms with Crippen molar-refractivity contribution in [3.8, 4) is 0 Å². The summed E-state index contributed by atoms with van der Waals surface area (Å²) in [6.07, 6.45) is 0.458. The van der Waals surface area contributed by atoms with Gasteiger partial charge in [0.1, 0.15) is 0 Å². The number of nitrogens with zero attached hydrogens (tertiary/aromatic N) is 4. The minimum absolute atomic E-state index is 0.162. The standard InChI is InChI=1S/C11H16N4O2/c1-14(2)11(17)9-3-4-10(13-12-9)15-6-5-8(16)7-15/h3-4,8,16H,5-7H2,1-2H3/t8-/m0/s1. The minimum Gasteiger partial charge on any atom is -0.391 e. The topological polar surface area (TPSA) is 69.6 Å². The fourth-order valence-electron chi connectivity index (χ4n) is 1.79. The highest BCUT2D eigenvalue weighted by Gasteiger charge is 2.22. The minimum atomic E-state index is -0.292. The lowest BCUT2D eigenvalue weighted by atomic mass is 10.3. The van der Waals surface area contributed by atoms with E-state index >= 15 is 0 Å². The SMILES string of the molecule is CN(C)C(=O)c1ccc(N2CC[C@H](O)C2)nn1. The molecule has 2 rings (SSSR count). The van der Waals surface area contributed by atoms with Crippen molar-refractivity contribution in [2.45, 2.75) is 12.5 Å². The Bertz CT molecular complexity index is 404.